The second kappa shape index (κ2) is 5.82. The van der Waals surface area contributed by atoms with Gasteiger partial charge in [0.25, 0.3) is 0 Å². The van der Waals surface area contributed by atoms with Gasteiger partial charge in [-0.3, -0.25) is 10.1 Å². The molecule has 0 saturated heterocycles. The number of carbonyl (C=O) groups excluding carboxylic acids is 2. The number of anilines is 1. The van der Waals surface area contributed by atoms with Crippen LogP contribution in [0.15, 0.2) is 4.34 Å². The summed E-state index contributed by atoms with van der Waals surface area (Å²) in [6.07, 6.45) is 0. The van der Waals surface area contributed by atoms with Crippen LogP contribution in [0.5, 0.6) is 0 Å². The molecule has 9 heteroatoms. The van der Waals surface area contributed by atoms with Gasteiger partial charge < -0.3 is 11.5 Å². The largest absolute Gasteiger partial charge is 0.374 e. The molecule has 0 unspecified atom stereocenters. The molecule has 1 atom stereocenters. The van der Waals surface area contributed by atoms with E-state index in [1.165, 1.54) is 23.1 Å². The molecule has 0 aromatic carbocycles. The van der Waals surface area contributed by atoms with Gasteiger partial charge in [0.15, 0.2) is 4.34 Å². The highest BCUT2D eigenvalue weighted by Crippen LogP contribution is 2.31. The number of amides is 3. The third-order valence-corrected chi connectivity index (χ3v) is 4.14. The van der Waals surface area contributed by atoms with E-state index in [9.17, 15) is 9.59 Å². The van der Waals surface area contributed by atoms with Gasteiger partial charge in [0.1, 0.15) is 0 Å². The van der Waals surface area contributed by atoms with Crippen molar-refractivity contribution in [1.82, 2.24) is 15.5 Å². The molecule has 17 heavy (non-hydrogen) atoms. The molecule has 1 heterocycles. The molecule has 0 radical (unpaired) electrons. The standard InChI is InChI=1S/C8H13N5O2S2/c1-3(2)4(5(14)11-6(9)15)16-8-13-12-7(10)17-8/h3-4H,1-2H3,(H2,10,12)(H3,9,11,14,15)/t4-/m0/s1. The first-order chi connectivity index (χ1) is 7.90. The Hall–Kier alpha value is -1.35. The Balaban J connectivity index is 2.73. The van der Waals surface area contributed by atoms with Gasteiger partial charge in [0.2, 0.25) is 11.0 Å². The van der Waals surface area contributed by atoms with E-state index in [0.717, 1.165) is 0 Å². The van der Waals surface area contributed by atoms with Crippen molar-refractivity contribution in [1.29, 1.82) is 0 Å². The Labute approximate surface area is 106 Å². The lowest BCUT2D eigenvalue weighted by Gasteiger charge is -2.16. The van der Waals surface area contributed by atoms with Gasteiger partial charge >= 0.3 is 6.03 Å². The normalized spacial score (nSPS) is 12.4. The van der Waals surface area contributed by atoms with E-state index in [1.807, 2.05) is 13.8 Å². The molecule has 0 fully saturated rings. The van der Waals surface area contributed by atoms with Crippen LogP contribution >= 0.6 is 23.1 Å². The fraction of sp³-hybridized carbons (Fsp3) is 0.500. The van der Waals surface area contributed by atoms with Crippen molar-refractivity contribution in [2.45, 2.75) is 23.4 Å². The first-order valence-corrected chi connectivity index (χ1v) is 6.45. The van der Waals surface area contributed by atoms with Crippen LogP contribution < -0.4 is 16.8 Å². The number of aromatic nitrogens is 2. The Morgan fingerprint density at radius 1 is 1.41 bits per heavy atom. The van der Waals surface area contributed by atoms with E-state index in [4.69, 9.17) is 11.5 Å². The maximum atomic E-state index is 11.7. The zero-order valence-electron chi connectivity index (χ0n) is 9.34. The number of imide groups is 1. The Kier molecular flexibility index (Phi) is 4.70. The molecule has 94 valence electrons. The molecule has 0 spiro atoms. The number of carbonyl (C=O) groups is 2. The quantitative estimate of drug-likeness (QED) is 0.684. The minimum atomic E-state index is -0.863. The number of hydrogen-bond donors (Lipinski definition) is 3. The summed E-state index contributed by atoms with van der Waals surface area (Å²) in [5.41, 5.74) is 10.3. The second-order valence-corrected chi connectivity index (χ2v) is 5.94. The topological polar surface area (TPSA) is 124 Å². The van der Waals surface area contributed by atoms with Crippen LogP contribution in [0.25, 0.3) is 0 Å². The van der Waals surface area contributed by atoms with Crippen LogP contribution in [0.2, 0.25) is 0 Å². The highest BCUT2D eigenvalue weighted by Gasteiger charge is 2.25. The van der Waals surface area contributed by atoms with Crippen molar-refractivity contribution in [3.63, 3.8) is 0 Å². The number of hydrogen-bond acceptors (Lipinski definition) is 7. The summed E-state index contributed by atoms with van der Waals surface area (Å²) >= 11 is 2.40. The van der Waals surface area contributed by atoms with Crippen LogP contribution in [0, 0.1) is 5.92 Å². The van der Waals surface area contributed by atoms with Gasteiger partial charge in [-0.05, 0) is 5.92 Å². The average molecular weight is 275 g/mol. The molecule has 0 aliphatic heterocycles. The lowest BCUT2D eigenvalue weighted by molar-refractivity contribution is -0.120. The summed E-state index contributed by atoms with van der Waals surface area (Å²) < 4.78 is 0.584. The summed E-state index contributed by atoms with van der Waals surface area (Å²) in [6.45, 7) is 3.73. The summed E-state index contributed by atoms with van der Waals surface area (Å²) in [4.78, 5) is 22.3. The van der Waals surface area contributed by atoms with Crippen molar-refractivity contribution in [3.8, 4) is 0 Å². The van der Waals surface area contributed by atoms with Crippen LogP contribution in [-0.4, -0.2) is 27.4 Å². The molecule has 7 nitrogen and oxygen atoms in total. The lowest BCUT2D eigenvalue weighted by atomic mass is 10.1. The second-order valence-electron chi connectivity index (χ2n) is 3.54. The Morgan fingerprint density at radius 2 is 2.06 bits per heavy atom. The van der Waals surface area contributed by atoms with Gasteiger partial charge in [0.05, 0.1) is 5.25 Å². The van der Waals surface area contributed by atoms with E-state index >= 15 is 0 Å². The van der Waals surface area contributed by atoms with E-state index in [1.54, 1.807) is 0 Å². The summed E-state index contributed by atoms with van der Waals surface area (Å²) in [6, 6.07) is -0.863. The number of thioether (sulfide) groups is 1. The van der Waals surface area contributed by atoms with Crippen LogP contribution in [-0.2, 0) is 4.79 Å². The van der Waals surface area contributed by atoms with Gasteiger partial charge in [-0.25, -0.2) is 4.79 Å². The molecular formula is C8H13N5O2S2. The van der Waals surface area contributed by atoms with Gasteiger partial charge in [-0.1, -0.05) is 36.9 Å². The van der Waals surface area contributed by atoms with Crippen LogP contribution in [0.3, 0.4) is 0 Å². The Morgan fingerprint density at radius 3 is 2.47 bits per heavy atom. The van der Waals surface area contributed by atoms with Crippen molar-refractivity contribution >= 4 is 40.2 Å². The van der Waals surface area contributed by atoms with Crippen molar-refractivity contribution in [2.24, 2.45) is 11.7 Å². The van der Waals surface area contributed by atoms with Crippen LogP contribution in [0.4, 0.5) is 9.93 Å². The fourth-order valence-corrected chi connectivity index (χ4v) is 2.91. The first kappa shape index (κ1) is 13.7. The number of primary amides is 1. The molecular weight excluding hydrogens is 262 g/mol. The summed E-state index contributed by atoms with van der Waals surface area (Å²) in [5, 5.41) is 9.39. The van der Waals surface area contributed by atoms with Crippen molar-refractivity contribution in [2.75, 3.05) is 5.73 Å². The summed E-state index contributed by atoms with van der Waals surface area (Å²) in [7, 11) is 0. The zero-order chi connectivity index (χ0) is 13.0. The smallest absolute Gasteiger partial charge is 0.318 e. The SMILES string of the molecule is CC(C)[C@H](Sc1nnc(N)s1)C(=O)NC(N)=O. The van der Waals surface area contributed by atoms with Crippen molar-refractivity contribution in [3.05, 3.63) is 0 Å². The van der Waals surface area contributed by atoms with Gasteiger partial charge in [-0.15, -0.1) is 10.2 Å². The maximum Gasteiger partial charge on any atom is 0.318 e. The molecule has 3 amide bonds. The van der Waals surface area contributed by atoms with Crippen LogP contribution in [0.1, 0.15) is 13.8 Å². The number of nitrogen functional groups attached to an aromatic ring is 1. The number of rotatable bonds is 4. The highest BCUT2D eigenvalue weighted by atomic mass is 32.2. The van der Waals surface area contributed by atoms with Crippen molar-refractivity contribution < 1.29 is 9.59 Å². The predicted molar refractivity (Wildman–Crippen MR) is 66.5 cm³/mol. The number of nitrogens with two attached hydrogens (primary N) is 2. The molecule has 5 N–H and O–H groups in total. The third-order valence-electron chi connectivity index (χ3n) is 1.76. The van der Waals surface area contributed by atoms with Gasteiger partial charge in [-0.2, -0.15) is 0 Å². The molecule has 0 aliphatic rings. The maximum absolute atomic E-state index is 11.7. The lowest BCUT2D eigenvalue weighted by Crippen LogP contribution is -2.42. The third kappa shape index (κ3) is 4.19. The minimum absolute atomic E-state index is 0.0180. The van der Waals surface area contributed by atoms with E-state index < -0.39 is 17.2 Å². The van der Waals surface area contributed by atoms with E-state index in [0.29, 0.717) is 9.47 Å². The number of urea groups is 1. The minimum Gasteiger partial charge on any atom is -0.374 e. The molecule has 0 aliphatic carbocycles. The highest BCUT2D eigenvalue weighted by molar-refractivity contribution is 8.02. The van der Waals surface area contributed by atoms with E-state index in [-0.39, 0.29) is 5.92 Å². The number of nitrogens with one attached hydrogen (secondary N) is 1. The predicted octanol–water partition coefficient (Wildman–Crippen LogP) is 0.432. The van der Waals surface area contributed by atoms with Gasteiger partial charge in [0, 0.05) is 0 Å². The first-order valence-electron chi connectivity index (χ1n) is 4.76. The number of nitrogens with zero attached hydrogens (tertiary/aromatic N) is 2. The Bertz CT molecular complexity index is 420. The fourth-order valence-electron chi connectivity index (χ4n) is 1.06. The molecule has 1 rings (SSSR count). The average Bonchev–Trinajstić information content (AvgIpc) is 2.58. The summed E-state index contributed by atoms with van der Waals surface area (Å²) in [5.74, 6) is -0.421. The zero-order valence-corrected chi connectivity index (χ0v) is 11.0. The van der Waals surface area contributed by atoms with E-state index in [2.05, 4.69) is 15.5 Å². The molecule has 0 bridgehead atoms. The molecule has 1 aromatic heterocycles. The monoisotopic (exact) mass is 275 g/mol. The molecule has 1 aromatic rings. The molecule has 0 saturated carbocycles.